The molecule has 102 valence electrons. The number of aryl methyl sites for hydroxylation is 2. The van der Waals surface area contributed by atoms with E-state index in [4.69, 9.17) is 0 Å². The lowest BCUT2D eigenvalue weighted by atomic mass is 9.73. The first-order valence-corrected chi connectivity index (χ1v) is 7.21. The minimum absolute atomic E-state index is 0.334. The number of hydrogen-bond donors (Lipinski definition) is 1. The van der Waals surface area contributed by atoms with Gasteiger partial charge in [-0.25, -0.2) is 0 Å². The van der Waals surface area contributed by atoms with E-state index in [-0.39, 0.29) is 6.10 Å². The van der Waals surface area contributed by atoms with Crippen LogP contribution in [0.5, 0.6) is 0 Å². The number of rotatable bonds is 3. The molecule has 3 nitrogen and oxygen atoms in total. The summed E-state index contributed by atoms with van der Waals surface area (Å²) in [6.45, 7) is 6.71. The molecule has 3 atom stereocenters. The van der Waals surface area contributed by atoms with Gasteiger partial charge in [0.05, 0.1) is 11.8 Å². The van der Waals surface area contributed by atoms with E-state index in [9.17, 15) is 5.11 Å². The van der Waals surface area contributed by atoms with Crippen LogP contribution in [0.4, 0.5) is 0 Å². The van der Waals surface area contributed by atoms with Crippen molar-refractivity contribution in [3.8, 4) is 0 Å². The minimum atomic E-state index is -0.334. The number of aliphatic hydroxyl groups excluding tert-OH is 1. The first kappa shape index (κ1) is 13.6. The largest absolute Gasteiger partial charge is 0.388 e. The lowest BCUT2D eigenvalue weighted by Gasteiger charge is -2.34. The fraction of sp³-hybridized carbons (Fsp3) is 0.800. The average Bonchev–Trinajstić information content (AvgIpc) is 2.68. The van der Waals surface area contributed by atoms with Gasteiger partial charge in [-0.1, -0.05) is 20.8 Å². The standard InChI is InChI=1S/C15H26N2O/c1-5-14-13(9-17(4)16-14)15(18)12-7-10(2)6-11(3)8-12/h9-12,15,18H,5-8H2,1-4H3. The molecule has 1 aromatic heterocycles. The first-order valence-electron chi connectivity index (χ1n) is 7.21. The lowest BCUT2D eigenvalue weighted by molar-refractivity contribution is 0.0545. The van der Waals surface area contributed by atoms with Crippen LogP contribution in [0, 0.1) is 17.8 Å². The molecule has 1 fully saturated rings. The Labute approximate surface area is 110 Å². The average molecular weight is 250 g/mol. The Kier molecular flexibility index (Phi) is 4.10. The molecule has 1 N–H and O–H groups in total. The minimum Gasteiger partial charge on any atom is -0.388 e. The van der Waals surface area contributed by atoms with Crippen molar-refractivity contribution in [2.75, 3.05) is 0 Å². The quantitative estimate of drug-likeness (QED) is 0.895. The van der Waals surface area contributed by atoms with Crippen molar-refractivity contribution in [3.05, 3.63) is 17.5 Å². The third kappa shape index (κ3) is 2.77. The van der Waals surface area contributed by atoms with Gasteiger partial charge in [0, 0.05) is 18.8 Å². The van der Waals surface area contributed by atoms with E-state index in [1.807, 2.05) is 17.9 Å². The monoisotopic (exact) mass is 250 g/mol. The number of nitrogens with zero attached hydrogens (tertiary/aromatic N) is 2. The van der Waals surface area contributed by atoms with Crippen LogP contribution in [0.25, 0.3) is 0 Å². The van der Waals surface area contributed by atoms with Gasteiger partial charge in [-0.15, -0.1) is 0 Å². The molecule has 0 bridgehead atoms. The highest BCUT2D eigenvalue weighted by molar-refractivity contribution is 5.20. The summed E-state index contributed by atoms with van der Waals surface area (Å²) in [6.07, 6.45) is 6.14. The molecule has 0 amide bonds. The molecule has 3 heteroatoms. The fourth-order valence-electron chi connectivity index (χ4n) is 3.60. The SMILES string of the molecule is CCc1nn(C)cc1C(O)C1CC(C)CC(C)C1. The predicted molar refractivity (Wildman–Crippen MR) is 73.2 cm³/mol. The van der Waals surface area contributed by atoms with E-state index in [1.54, 1.807) is 0 Å². The summed E-state index contributed by atoms with van der Waals surface area (Å²) in [5, 5.41) is 15.1. The Hall–Kier alpha value is -0.830. The van der Waals surface area contributed by atoms with E-state index in [1.165, 1.54) is 6.42 Å². The van der Waals surface area contributed by atoms with E-state index < -0.39 is 0 Å². The summed E-state index contributed by atoms with van der Waals surface area (Å²) in [5.74, 6) is 1.86. The van der Waals surface area contributed by atoms with Crippen LogP contribution in [0.1, 0.15) is 57.4 Å². The highest BCUT2D eigenvalue weighted by Gasteiger charge is 2.31. The van der Waals surface area contributed by atoms with E-state index in [0.717, 1.165) is 42.4 Å². The van der Waals surface area contributed by atoms with Gasteiger partial charge >= 0.3 is 0 Å². The summed E-state index contributed by atoms with van der Waals surface area (Å²) < 4.78 is 1.83. The van der Waals surface area contributed by atoms with Crippen LogP contribution < -0.4 is 0 Å². The maximum atomic E-state index is 10.7. The number of aliphatic hydroxyl groups is 1. The molecule has 0 spiro atoms. The molecule has 18 heavy (non-hydrogen) atoms. The summed E-state index contributed by atoms with van der Waals surface area (Å²) in [7, 11) is 1.93. The Morgan fingerprint density at radius 2 is 1.94 bits per heavy atom. The summed E-state index contributed by atoms with van der Waals surface area (Å²) in [6, 6.07) is 0. The van der Waals surface area contributed by atoms with Crippen LogP contribution in [-0.2, 0) is 13.5 Å². The first-order chi connectivity index (χ1) is 8.51. The molecular formula is C15H26N2O. The third-order valence-corrected chi connectivity index (χ3v) is 4.25. The molecular weight excluding hydrogens is 224 g/mol. The molecule has 1 aliphatic carbocycles. The van der Waals surface area contributed by atoms with Gasteiger partial charge in [-0.05, 0) is 43.4 Å². The lowest BCUT2D eigenvalue weighted by Crippen LogP contribution is -2.25. The zero-order valence-corrected chi connectivity index (χ0v) is 12.1. The Balaban J connectivity index is 2.16. The van der Waals surface area contributed by atoms with Gasteiger partial charge in [-0.3, -0.25) is 4.68 Å². The Bertz CT molecular complexity index is 389. The normalized spacial score (nSPS) is 30.4. The fourth-order valence-corrected chi connectivity index (χ4v) is 3.60. The van der Waals surface area contributed by atoms with Crippen molar-refractivity contribution in [1.82, 2.24) is 9.78 Å². The van der Waals surface area contributed by atoms with Crippen LogP contribution in [0.2, 0.25) is 0 Å². The molecule has 2 rings (SSSR count). The highest BCUT2D eigenvalue weighted by Crippen LogP contribution is 2.40. The Morgan fingerprint density at radius 1 is 1.33 bits per heavy atom. The van der Waals surface area contributed by atoms with Crippen LogP contribution in [-0.4, -0.2) is 14.9 Å². The van der Waals surface area contributed by atoms with Gasteiger partial charge in [0.15, 0.2) is 0 Å². The van der Waals surface area contributed by atoms with Gasteiger partial charge in [0.25, 0.3) is 0 Å². The zero-order valence-electron chi connectivity index (χ0n) is 12.1. The Morgan fingerprint density at radius 3 is 2.50 bits per heavy atom. The van der Waals surface area contributed by atoms with Crippen molar-refractivity contribution in [2.45, 2.75) is 52.6 Å². The molecule has 1 heterocycles. The molecule has 1 saturated carbocycles. The van der Waals surface area contributed by atoms with Crippen molar-refractivity contribution in [2.24, 2.45) is 24.8 Å². The summed E-state index contributed by atoms with van der Waals surface area (Å²) >= 11 is 0. The molecule has 0 aromatic carbocycles. The smallest absolute Gasteiger partial charge is 0.0851 e. The van der Waals surface area contributed by atoms with Crippen molar-refractivity contribution < 1.29 is 5.11 Å². The van der Waals surface area contributed by atoms with E-state index >= 15 is 0 Å². The van der Waals surface area contributed by atoms with Gasteiger partial charge < -0.3 is 5.11 Å². The van der Waals surface area contributed by atoms with Crippen LogP contribution in [0.15, 0.2) is 6.20 Å². The van der Waals surface area contributed by atoms with Crippen LogP contribution in [0.3, 0.4) is 0 Å². The second-order valence-corrected chi connectivity index (χ2v) is 6.18. The molecule has 1 aliphatic rings. The molecule has 0 saturated heterocycles. The number of hydrogen-bond acceptors (Lipinski definition) is 2. The summed E-state index contributed by atoms with van der Waals surface area (Å²) in [4.78, 5) is 0. The summed E-state index contributed by atoms with van der Waals surface area (Å²) in [5.41, 5.74) is 2.10. The maximum absolute atomic E-state index is 10.7. The van der Waals surface area contributed by atoms with E-state index in [2.05, 4.69) is 25.9 Å². The highest BCUT2D eigenvalue weighted by atomic mass is 16.3. The third-order valence-electron chi connectivity index (χ3n) is 4.25. The van der Waals surface area contributed by atoms with Crippen molar-refractivity contribution in [1.29, 1.82) is 0 Å². The van der Waals surface area contributed by atoms with Gasteiger partial charge in [0.2, 0.25) is 0 Å². The molecule has 1 aromatic rings. The van der Waals surface area contributed by atoms with E-state index in [0.29, 0.717) is 5.92 Å². The van der Waals surface area contributed by atoms with Crippen LogP contribution >= 0.6 is 0 Å². The van der Waals surface area contributed by atoms with Crippen molar-refractivity contribution in [3.63, 3.8) is 0 Å². The zero-order chi connectivity index (χ0) is 13.3. The van der Waals surface area contributed by atoms with Gasteiger partial charge in [0.1, 0.15) is 0 Å². The second-order valence-electron chi connectivity index (χ2n) is 6.18. The number of aromatic nitrogens is 2. The maximum Gasteiger partial charge on any atom is 0.0851 e. The van der Waals surface area contributed by atoms with Gasteiger partial charge in [-0.2, -0.15) is 5.10 Å². The molecule has 0 aliphatic heterocycles. The molecule has 3 unspecified atom stereocenters. The molecule has 0 radical (unpaired) electrons. The topological polar surface area (TPSA) is 38.0 Å². The second kappa shape index (κ2) is 5.43. The van der Waals surface area contributed by atoms with Crippen molar-refractivity contribution >= 4 is 0 Å². The predicted octanol–water partition coefficient (Wildman–Crippen LogP) is 3.09.